The van der Waals surface area contributed by atoms with Crippen LogP contribution in [0.15, 0.2) is 0 Å². The molecular formula is C16H30O4. The van der Waals surface area contributed by atoms with Crippen molar-refractivity contribution in [2.75, 3.05) is 26.4 Å². The summed E-state index contributed by atoms with van der Waals surface area (Å²) in [4.78, 5) is 0. The summed E-state index contributed by atoms with van der Waals surface area (Å²) in [7, 11) is 0. The zero-order valence-electron chi connectivity index (χ0n) is 13.0. The molecule has 20 heavy (non-hydrogen) atoms. The quantitative estimate of drug-likeness (QED) is 0.719. The second kappa shape index (κ2) is 8.98. The van der Waals surface area contributed by atoms with Crippen LogP contribution >= 0.6 is 0 Å². The van der Waals surface area contributed by atoms with Gasteiger partial charge in [0.25, 0.3) is 0 Å². The van der Waals surface area contributed by atoms with Crippen molar-refractivity contribution in [3.05, 3.63) is 0 Å². The fourth-order valence-corrected chi connectivity index (χ4v) is 2.74. The minimum atomic E-state index is -0.139. The lowest BCUT2D eigenvalue weighted by molar-refractivity contribution is -0.281. The zero-order valence-corrected chi connectivity index (χ0v) is 13.0. The molecule has 2 aliphatic rings. The SMILES string of the molecule is CCCCC1OCC([C@H]2OC[C@H](CCCC)CO2)CO1. The van der Waals surface area contributed by atoms with Crippen molar-refractivity contribution in [2.24, 2.45) is 11.8 Å². The van der Waals surface area contributed by atoms with Crippen molar-refractivity contribution in [1.82, 2.24) is 0 Å². The van der Waals surface area contributed by atoms with E-state index in [-0.39, 0.29) is 18.5 Å². The topological polar surface area (TPSA) is 36.9 Å². The van der Waals surface area contributed by atoms with Crippen molar-refractivity contribution in [3.8, 4) is 0 Å². The first-order chi connectivity index (χ1) is 9.83. The Labute approximate surface area is 123 Å². The molecule has 0 aliphatic carbocycles. The molecule has 2 saturated heterocycles. The summed E-state index contributed by atoms with van der Waals surface area (Å²) in [6, 6.07) is 0. The summed E-state index contributed by atoms with van der Waals surface area (Å²) in [5.41, 5.74) is 0. The molecule has 2 fully saturated rings. The van der Waals surface area contributed by atoms with Gasteiger partial charge in [-0.2, -0.15) is 0 Å². The average Bonchev–Trinajstić information content (AvgIpc) is 2.52. The van der Waals surface area contributed by atoms with Crippen LogP contribution in [0.2, 0.25) is 0 Å². The van der Waals surface area contributed by atoms with Gasteiger partial charge in [-0.1, -0.05) is 33.1 Å². The van der Waals surface area contributed by atoms with E-state index >= 15 is 0 Å². The van der Waals surface area contributed by atoms with Crippen molar-refractivity contribution >= 4 is 0 Å². The number of hydrogen-bond acceptors (Lipinski definition) is 4. The van der Waals surface area contributed by atoms with Gasteiger partial charge >= 0.3 is 0 Å². The molecule has 118 valence electrons. The lowest BCUT2D eigenvalue weighted by Gasteiger charge is -2.37. The molecule has 4 nitrogen and oxygen atoms in total. The number of rotatable bonds is 7. The molecule has 0 unspecified atom stereocenters. The maximum atomic E-state index is 5.86. The molecule has 0 aromatic rings. The van der Waals surface area contributed by atoms with Gasteiger partial charge in [0.05, 0.1) is 32.3 Å². The minimum Gasteiger partial charge on any atom is -0.352 e. The van der Waals surface area contributed by atoms with Gasteiger partial charge in [-0.15, -0.1) is 0 Å². The van der Waals surface area contributed by atoms with Gasteiger partial charge in [0.15, 0.2) is 12.6 Å². The first-order valence-electron chi connectivity index (χ1n) is 8.29. The first-order valence-corrected chi connectivity index (χ1v) is 8.29. The standard InChI is InChI=1S/C16H30O4/c1-3-5-7-13-9-19-16(20-10-13)14-11-17-15(18-12-14)8-6-4-2/h13-16H,3-12H2,1-2H3/t13-,14?,15?,16-. The lowest BCUT2D eigenvalue weighted by atomic mass is 10.0. The highest BCUT2D eigenvalue weighted by molar-refractivity contribution is 4.72. The first kappa shape index (κ1) is 16.2. The van der Waals surface area contributed by atoms with E-state index < -0.39 is 0 Å². The van der Waals surface area contributed by atoms with E-state index in [0.717, 1.165) is 26.1 Å². The van der Waals surface area contributed by atoms with Crippen LogP contribution in [0.25, 0.3) is 0 Å². The summed E-state index contributed by atoms with van der Waals surface area (Å²) in [5, 5.41) is 0. The van der Waals surface area contributed by atoms with E-state index in [1.165, 1.54) is 25.7 Å². The third kappa shape index (κ3) is 4.99. The zero-order chi connectivity index (χ0) is 14.2. The Morgan fingerprint density at radius 3 is 1.95 bits per heavy atom. The van der Waals surface area contributed by atoms with Gasteiger partial charge in [-0.05, 0) is 19.3 Å². The van der Waals surface area contributed by atoms with E-state index in [4.69, 9.17) is 18.9 Å². The van der Waals surface area contributed by atoms with Crippen LogP contribution in [0.4, 0.5) is 0 Å². The summed E-state index contributed by atoms with van der Waals surface area (Å²) < 4.78 is 23.2. The Morgan fingerprint density at radius 1 is 0.750 bits per heavy atom. The highest BCUT2D eigenvalue weighted by Crippen LogP contribution is 2.25. The van der Waals surface area contributed by atoms with Crippen LogP contribution in [-0.2, 0) is 18.9 Å². The van der Waals surface area contributed by atoms with E-state index in [9.17, 15) is 0 Å². The van der Waals surface area contributed by atoms with Crippen molar-refractivity contribution in [1.29, 1.82) is 0 Å². The van der Waals surface area contributed by atoms with Crippen LogP contribution in [-0.4, -0.2) is 39.0 Å². The van der Waals surface area contributed by atoms with Crippen molar-refractivity contribution < 1.29 is 18.9 Å². The summed E-state index contributed by atoms with van der Waals surface area (Å²) in [6.07, 6.45) is 6.88. The molecule has 0 aromatic heterocycles. The third-order valence-electron chi connectivity index (χ3n) is 4.13. The van der Waals surface area contributed by atoms with Gasteiger partial charge in [0.1, 0.15) is 0 Å². The van der Waals surface area contributed by atoms with Gasteiger partial charge in [-0.25, -0.2) is 0 Å². The minimum absolute atomic E-state index is 0.0212. The molecule has 2 aliphatic heterocycles. The van der Waals surface area contributed by atoms with Crippen LogP contribution in [0.1, 0.15) is 52.4 Å². The maximum Gasteiger partial charge on any atom is 0.164 e. The Hall–Kier alpha value is -0.160. The maximum absolute atomic E-state index is 5.86. The molecule has 0 spiro atoms. The Kier molecular flexibility index (Phi) is 7.28. The molecule has 0 atom stereocenters. The van der Waals surface area contributed by atoms with Gasteiger partial charge in [0, 0.05) is 5.92 Å². The molecule has 0 amide bonds. The number of hydrogen-bond donors (Lipinski definition) is 0. The molecule has 0 N–H and O–H groups in total. The van der Waals surface area contributed by atoms with E-state index in [2.05, 4.69) is 13.8 Å². The van der Waals surface area contributed by atoms with Gasteiger partial charge in [0.2, 0.25) is 0 Å². The van der Waals surface area contributed by atoms with Gasteiger partial charge in [-0.3, -0.25) is 0 Å². The molecule has 0 radical (unpaired) electrons. The molecule has 4 heteroatoms. The highest BCUT2D eigenvalue weighted by atomic mass is 16.7. The van der Waals surface area contributed by atoms with Crippen LogP contribution in [0.5, 0.6) is 0 Å². The second-order valence-corrected chi connectivity index (χ2v) is 6.04. The Balaban J connectivity index is 1.63. The smallest absolute Gasteiger partial charge is 0.164 e. The largest absolute Gasteiger partial charge is 0.352 e. The highest BCUT2D eigenvalue weighted by Gasteiger charge is 2.33. The van der Waals surface area contributed by atoms with E-state index in [1.54, 1.807) is 0 Å². The lowest BCUT2D eigenvalue weighted by Crippen LogP contribution is -2.44. The second-order valence-electron chi connectivity index (χ2n) is 6.04. The molecule has 2 heterocycles. The molecule has 0 aromatic carbocycles. The molecule has 0 bridgehead atoms. The van der Waals surface area contributed by atoms with Crippen LogP contribution < -0.4 is 0 Å². The number of unbranched alkanes of at least 4 members (excludes halogenated alkanes) is 2. The predicted octanol–water partition coefficient (Wildman–Crippen LogP) is 3.35. The van der Waals surface area contributed by atoms with Crippen LogP contribution in [0, 0.1) is 11.8 Å². The Morgan fingerprint density at radius 2 is 1.35 bits per heavy atom. The van der Waals surface area contributed by atoms with E-state index in [1.807, 2.05) is 0 Å². The molecule has 0 saturated carbocycles. The Bertz CT molecular complexity index is 217. The number of ether oxygens (including phenoxy) is 4. The summed E-state index contributed by atoms with van der Waals surface area (Å²) >= 11 is 0. The monoisotopic (exact) mass is 286 g/mol. The molecule has 2 rings (SSSR count). The summed E-state index contributed by atoms with van der Waals surface area (Å²) in [5.74, 6) is 0.786. The third-order valence-corrected chi connectivity index (χ3v) is 4.13. The average molecular weight is 286 g/mol. The van der Waals surface area contributed by atoms with E-state index in [0.29, 0.717) is 19.1 Å². The fourth-order valence-electron chi connectivity index (χ4n) is 2.74. The summed E-state index contributed by atoms with van der Waals surface area (Å²) in [6.45, 7) is 7.43. The van der Waals surface area contributed by atoms with Crippen molar-refractivity contribution in [3.63, 3.8) is 0 Å². The fraction of sp³-hybridized carbons (Fsp3) is 1.00. The van der Waals surface area contributed by atoms with Gasteiger partial charge < -0.3 is 18.9 Å². The van der Waals surface area contributed by atoms with Crippen LogP contribution in [0.3, 0.4) is 0 Å². The van der Waals surface area contributed by atoms with Crippen molar-refractivity contribution in [2.45, 2.75) is 65.0 Å². The normalized spacial score (nSPS) is 35.1. The predicted molar refractivity (Wildman–Crippen MR) is 77.4 cm³/mol. The molecular weight excluding hydrogens is 256 g/mol.